The van der Waals surface area contributed by atoms with Gasteiger partial charge < -0.3 is 0 Å². The van der Waals surface area contributed by atoms with Gasteiger partial charge in [0, 0.05) is 16.9 Å². The monoisotopic (exact) mass is 270 g/mol. The number of fused-ring (bicyclic) bond motifs is 1. The minimum absolute atomic E-state index is 0.487. The third-order valence-electron chi connectivity index (χ3n) is 2.38. The van der Waals surface area contributed by atoms with Gasteiger partial charge in [-0.25, -0.2) is 4.39 Å². The van der Waals surface area contributed by atoms with Crippen LogP contribution in [0.1, 0.15) is 19.5 Å². The SMILES string of the molecule is Cn1nc(C(C)(C)F)c2cccc(Br)c21. The molecule has 0 unspecified atom stereocenters. The number of nitrogens with zero attached hydrogens (tertiary/aromatic N) is 2. The maximum absolute atomic E-state index is 13.9. The van der Waals surface area contributed by atoms with Gasteiger partial charge in [0.2, 0.25) is 0 Å². The Morgan fingerprint density at radius 1 is 1.40 bits per heavy atom. The lowest BCUT2D eigenvalue weighted by atomic mass is 10.0. The molecule has 1 heterocycles. The van der Waals surface area contributed by atoms with Crippen LogP contribution in [0.2, 0.25) is 0 Å². The fourth-order valence-electron chi connectivity index (χ4n) is 1.73. The van der Waals surface area contributed by atoms with Gasteiger partial charge in [-0.05, 0) is 35.8 Å². The lowest BCUT2D eigenvalue weighted by molar-refractivity contribution is 0.215. The summed E-state index contributed by atoms with van der Waals surface area (Å²) in [5.41, 5.74) is -0.000139. The Labute approximate surface area is 96.2 Å². The van der Waals surface area contributed by atoms with Crippen LogP contribution in [0.25, 0.3) is 10.9 Å². The zero-order valence-corrected chi connectivity index (χ0v) is 10.5. The Balaban J connectivity index is 2.85. The molecule has 0 aliphatic carbocycles. The number of alkyl halides is 1. The van der Waals surface area contributed by atoms with E-state index in [0.29, 0.717) is 5.69 Å². The fourth-order valence-corrected chi connectivity index (χ4v) is 2.35. The molecule has 4 heteroatoms. The molecule has 2 aromatic rings. The topological polar surface area (TPSA) is 17.8 Å². The zero-order chi connectivity index (χ0) is 11.2. The van der Waals surface area contributed by atoms with Gasteiger partial charge in [0.15, 0.2) is 0 Å². The second-order valence-corrected chi connectivity index (χ2v) is 4.94. The van der Waals surface area contributed by atoms with E-state index in [1.54, 1.807) is 4.68 Å². The Morgan fingerprint density at radius 3 is 2.67 bits per heavy atom. The Bertz CT molecular complexity index is 511. The standard InChI is InChI=1S/C11H12BrFN2/c1-11(2,13)10-7-5-4-6-8(12)9(7)15(3)14-10/h4-6H,1-3H3. The minimum Gasteiger partial charge on any atom is -0.266 e. The first-order valence-corrected chi connectivity index (χ1v) is 5.51. The third kappa shape index (κ3) is 1.67. The lowest BCUT2D eigenvalue weighted by Crippen LogP contribution is -2.10. The molecule has 1 aromatic heterocycles. The molecule has 0 N–H and O–H groups in total. The van der Waals surface area contributed by atoms with Crippen molar-refractivity contribution in [2.45, 2.75) is 19.5 Å². The molecule has 2 rings (SSSR count). The molecule has 0 aliphatic rings. The summed E-state index contributed by atoms with van der Waals surface area (Å²) in [4.78, 5) is 0. The Morgan fingerprint density at radius 2 is 2.07 bits per heavy atom. The van der Waals surface area contributed by atoms with Crippen LogP contribution < -0.4 is 0 Å². The molecule has 0 aliphatic heterocycles. The molecular formula is C11H12BrFN2. The van der Waals surface area contributed by atoms with E-state index in [2.05, 4.69) is 21.0 Å². The van der Waals surface area contributed by atoms with Gasteiger partial charge in [0.05, 0.1) is 5.52 Å². The normalized spacial score (nSPS) is 12.3. The summed E-state index contributed by atoms with van der Waals surface area (Å²) in [6, 6.07) is 5.71. The molecule has 0 saturated carbocycles. The van der Waals surface area contributed by atoms with E-state index in [1.165, 1.54) is 13.8 Å². The third-order valence-corrected chi connectivity index (χ3v) is 3.02. The average Bonchev–Trinajstić information content (AvgIpc) is 2.44. The van der Waals surface area contributed by atoms with Crippen molar-refractivity contribution >= 4 is 26.8 Å². The van der Waals surface area contributed by atoms with Crippen LogP contribution in [0.4, 0.5) is 4.39 Å². The first-order chi connectivity index (χ1) is 6.91. The predicted octanol–water partition coefficient (Wildman–Crippen LogP) is 3.54. The molecule has 0 saturated heterocycles. The molecular weight excluding hydrogens is 259 g/mol. The highest BCUT2D eigenvalue weighted by Crippen LogP contribution is 2.33. The number of rotatable bonds is 1. The van der Waals surface area contributed by atoms with Crippen LogP contribution in [0, 0.1) is 0 Å². The highest BCUT2D eigenvalue weighted by molar-refractivity contribution is 9.10. The first-order valence-electron chi connectivity index (χ1n) is 4.72. The predicted molar refractivity (Wildman–Crippen MR) is 62.5 cm³/mol. The number of aromatic nitrogens is 2. The summed E-state index contributed by atoms with van der Waals surface area (Å²) in [6.07, 6.45) is 0. The Hall–Kier alpha value is -0.900. The number of aryl methyl sites for hydroxylation is 1. The van der Waals surface area contributed by atoms with Crippen LogP contribution in [0.5, 0.6) is 0 Å². The summed E-state index contributed by atoms with van der Waals surface area (Å²) >= 11 is 3.44. The van der Waals surface area contributed by atoms with E-state index in [-0.39, 0.29) is 0 Å². The maximum Gasteiger partial charge on any atom is 0.149 e. The van der Waals surface area contributed by atoms with Gasteiger partial charge in [-0.3, -0.25) is 4.68 Å². The van der Waals surface area contributed by atoms with E-state index in [0.717, 1.165) is 15.4 Å². The second kappa shape index (κ2) is 3.30. The molecule has 15 heavy (non-hydrogen) atoms. The summed E-state index contributed by atoms with van der Waals surface area (Å²) in [7, 11) is 1.82. The zero-order valence-electron chi connectivity index (χ0n) is 8.88. The van der Waals surface area contributed by atoms with Crippen molar-refractivity contribution in [3.8, 4) is 0 Å². The van der Waals surface area contributed by atoms with E-state index >= 15 is 0 Å². The van der Waals surface area contributed by atoms with Crippen LogP contribution in [-0.2, 0) is 12.7 Å². The molecule has 0 bridgehead atoms. The van der Waals surface area contributed by atoms with Crippen molar-refractivity contribution < 1.29 is 4.39 Å². The largest absolute Gasteiger partial charge is 0.266 e. The van der Waals surface area contributed by atoms with Crippen LogP contribution in [0.3, 0.4) is 0 Å². The van der Waals surface area contributed by atoms with Gasteiger partial charge in [-0.2, -0.15) is 5.10 Å². The van der Waals surface area contributed by atoms with E-state index in [4.69, 9.17) is 0 Å². The molecule has 2 nitrogen and oxygen atoms in total. The highest BCUT2D eigenvalue weighted by Gasteiger charge is 2.26. The van der Waals surface area contributed by atoms with Gasteiger partial charge in [-0.1, -0.05) is 12.1 Å². The van der Waals surface area contributed by atoms with Crippen molar-refractivity contribution in [2.24, 2.45) is 7.05 Å². The molecule has 0 radical (unpaired) electrons. The fraction of sp³-hybridized carbons (Fsp3) is 0.364. The summed E-state index contributed by atoms with van der Waals surface area (Å²) in [6.45, 7) is 3.05. The molecule has 0 amide bonds. The van der Waals surface area contributed by atoms with Gasteiger partial charge in [-0.15, -0.1) is 0 Å². The van der Waals surface area contributed by atoms with Crippen LogP contribution in [0.15, 0.2) is 22.7 Å². The number of hydrogen-bond donors (Lipinski definition) is 0. The van der Waals surface area contributed by atoms with Gasteiger partial charge >= 0.3 is 0 Å². The number of benzene rings is 1. The van der Waals surface area contributed by atoms with E-state index < -0.39 is 5.67 Å². The molecule has 1 aromatic carbocycles. The summed E-state index contributed by atoms with van der Waals surface area (Å²) < 4.78 is 16.5. The van der Waals surface area contributed by atoms with E-state index in [9.17, 15) is 4.39 Å². The first kappa shape index (κ1) is 10.6. The average molecular weight is 271 g/mol. The molecule has 80 valence electrons. The van der Waals surface area contributed by atoms with Crippen molar-refractivity contribution in [3.05, 3.63) is 28.4 Å². The summed E-state index contributed by atoms with van der Waals surface area (Å²) in [5, 5.41) is 5.09. The quantitative estimate of drug-likeness (QED) is 0.775. The molecule has 0 fully saturated rings. The summed E-state index contributed by atoms with van der Waals surface area (Å²) in [5.74, 6) is 0. The van der Waals surface area contributed by atoms with E-state index in [1.807, 2.05) is 25.2 Å². The second-order valence-electron chi connectivity index (χ2n) is 4.08. The Kier molecular flexibility index (Phi) is 2.34. The van der Waals surface area contributed by atoms with Gasteiger partial charge in [0.25, 0.3) is 0 Å². The minimum atomic E-state index is -1.42. The maximum atomic E-state index is 13.9. The number of para-hydroxylation sites is 1. The van der Waals surface area contributed by atoms with Crippen molar-refractivity contribution in [2.75, 3.05) is 0 Å². The number of hydrogen-bond acceptors (Lipinski definition) is 1. The lowest BCUT2D eigenvalue weighted by Gasteiger charge is -2.10. The smallest absolute Gasteiger partial charge is 0.149 e. The molecule has 0 spiro atoms. The van der Waals surface area contributed by atoms with Crippen molar-refractivity contribution in [1.29, 1.82) is 0 Å². The highest BCUT2D eigenvalue weighted by atomic mass is 79.9. The van der Waals surface area contributed by atoms with Crippen molar-refractivity contribution in [1.82, 2.24) is 9.78 Å². The van der Waals surface area contributed by atoms with Crippen molar-refractivity contribution in [3.63, 3.8) is 0 Å². The number of halogens is 2. The van der Waals surface area contributed by atoms with Gasteiger partial charge in [0.1, 0.15) is 11.4 Å². The van der Waals surface area contributed by atoms with Crippen LogP contribution in [-0.4, -0.2) is 9.78 Å². The molecule has 0 atom stereocenters. The van der Waals surface area contributed by atoms with Crippen LogP contribution >= 0.6 is 15.9 Å².